The molecule has 0 spiro atoms. The van der Waals surface area contributed by atoms with E-state index in [0.717, 1.165) is 0 Å². The van der Waals surface area contributed by atoms with Gasteiger partial charge in [0, 0.05) is 12.6 Å². The molecule has 2 heteroatoms. The Morgan fingerprint density at radius 3 is 1.94 bits per heavy atom. The van der Waals surface area contributed by atoms with Crippen LogP contribution in [0.5, 0.6) is 0 Å². The minimum Gasteiger partial charge on any atom is -0.329 e. The lowest BCUT2D eigenvalue weighted by Crippen LogP contribution is -2.27. The minimum atomic E-state index is 0.287. The molecule has 2 aromatic carbocycles. The third-order valence-corrected chi connectivity index (χ3v) is 3.25. The number of hydrogen-bond acceptors (Lipinski definition) is 2. The summed E-state index contributed by atoms with van der Waals surface area (Å²) < 4.78 is 0. The molecule has 1 atom stereocenters. The molecule has 2 N–H and O–H groups in total. The number of hydrogen-bond donors (Lipinski definition) is 1. The fraction of sp³-hybridized carbons (Fsp3) is 0.250. The Morgan fingerprint density at radius 1 is 0.889 bits per heavy atom. The van der Waals surface area contributed by atoms with Crippen LogP contribution in [-0.2, 0) is 0 Å². The van der Waals surface area contributed by atoms with Gasteiger partial charge in [-0.1, -0.05) is 54.6 Å². The highest BCUT2D eigenvalue weighted by molar-refractivity contribution is 5.63. The molecule has 2 rings (SSSR count). The van der Waals surface area contributed by atoms with Crippen molar-refractivity contribution >= 4 is 0 Å². The molecule has 2 nitrogen and oxygen atoms in total. The molecule has 0 heterocycles. The zero-order valence-electron chi connectivity index (χ0n) is 11.0. The minimum absolute atomic E-state index is 0.287. The fourth-order valence-electron chi connectivity index (χ4n) is 2.17. The highest BCUT2D eigenvalue weighted by Crippen LogP contribution is 2.23. The molecule has 0 fully saturated rings. The first-order chi connectivity index (χ1) is 8.72. The van der Waals surface area contributed by atoms with E-state index >= 15 is 0 Å². The van der Waals surface area contributed by atoms with Gasteiger partial charge in [0.05, 0.1) is 0 Å². The highest BCUT2D eigenvalue weighted by Gasteiger charge is 2.11. The maximum atomic E-state index is 5.81. The van der Waals surface area contributed by atoms with Crippen LogP contribution in [0, 0.1) is 0 Å². The number of nitrogens with zero attached hydrogens (tertiary/aromatic N) is 1. The quantitative estimate of drug-likeness (QED) is 0.890. The third kappa shape index (κ3) is 2.78. The molecule has 0 saturated heterocycles. The van der Waals surface area contributed by atoms with Crippen molar-refractivity contribution < 1.29 is 0 Å². The van der Waals surface area contributed by atoms with Crippen molar-refractivity contribution in [2.75, 3.05) is 20.6 Å². The standard InChI is InChI=1S/C16H20N2/c1-18(2)16(12-17)15-10-8-14(9-11-15)13-6-4-3-5-7-13/h3-11,16H,12,17H2,1-2H3. The third-order valence-electron chi connectivity index (χ3n) is 3.25. The second-order valence-corrected chi connectivity index (χ2v) is 4.70. The summed E-state index contributed by atoms with van der Waals surface area (Å²) in [6, 6.07) is 19.4. The second-order valence-electron chi connectivity index (χ2n) is 4.70. The summed E-state index contributed by atoms with van der Waals surface area (Å²) in [6.07, 6.45) is 0. The van der Waals surface area contributed by atoms with Crippen LogP contribution in [0.3, 0.4) is 0 Å². The van der Waals surface area contributed by atoms with Crippen molar-refractivity contribution in [3.05, 3.63) is 60.2 Å². The van der Waals surface area contributed by atoms with Gasteiger partial charge in [-0.15, -0.1) is 0 Å². The fourth-order valence-corrected chi connectivity index (χ4v) is 2.17. The molecular formula is C16H20N2. The van der Waals surface area contributed by atoms with Crippen molar-refractivity contribution in [1.82, 2.24) is 4.90 Å². The monoisotopic (exact) mass is 240 g/mol. The van der Waals surface area contributed by atoms with Gasteiger partial charge in [0.2, 0.25) is 0 Å². The molecule has 0 aliphatic rings. The first-order valence-electron chi connectivity index (χ1n) is 6.24. The van der Waals surface area contributed by atoms with Crippen LogP contribution in [0.15, 0.2) is 54.6 Å². The van der Waals surface area contributed by atoms with Crippen LogP contribution in [0.4, 0.5) is 0 Å². The van der Waals surface area contributed by atoms with E-state index < -0.39 is 0 Å². The van der Waals surface area contributed by atoms with Crippen molar-refractivity contribution in [3.8, 4) is 11.1 Å². The molecule has 1 unspecified atom stereocenters. The van der Waals surface area contributed by atoms with Crippen molar-refractivity contribution in [2.24, 2.45) is 5.73 Å². The van der Waals surface area contributed by atoms with E-state index in [-0.39, 0.29) is 6.04 Å². The molecule has 0 radical (unpaired) electrons. The van der Waals surface area contributed by atoms with Gasteiger partial charge in [-0.3, -0.25) is 0 Å². The summed E-state index contributed by atoms with van der Waals surface area (Å²) in [7, 11) is 4.12. The number of likely N-dealkylation sites (N-methyl/N-ethyl adjacent to an activating group) is 1. The SMILES string of the molecule is CN(C)C(CN)c1ccc(-c2ccccc2)cc1. The van der Waals surface area contributed by atoms with Crippen LogP contribution in [0.2, 0.25) is 0 Å². The molecule has 94 valence electrons. The summed E-state index contributed by atoms with van der Waals surface area (Å²) in [5.74, 6) is 0. The molecular weight excluding hydrogens is 220 g/mol. The van der Waals surface area contributed by atoms with E-state index in [2.05, 4.69) is 67.5 Å². The number of rotatable bonds is 4. The Balaban J connectivity index is 2.25. The maximum absolute atomic E-state index is 5.81. The smallest absolute Gasteiger partial charge is 0.0464 e. The lowest BCUT2D eigenvalue weighted by Gasteiger charge is -2.23. The van der Waals surface area contributed by atoms with E-state index in [9.17, 15) is 0 Å². The van der Waals surface area contributed by atoms with Crippen molar-refractivity contribution in [2.45, 2.75) is 6.04 Å². The predicted molar refractivity (Wildman–Crippen MR) is 77.4 cm³/mol. The van der Waals surface area contributed by atoms with E-state index in [1.54, 1.807) is 0 Å². The lowest BCUT2D eigenvalue weighted by molar-refractivity contribution is 0.306. The maximum Gasteiger partial charge on any atom is 0.0464 e. The van der Waals surface area contributed by atoms with Crippen LogP contribution in [-0.4, -0.2) is 25.5 Å². The largest absolute Gasteiger partial charge is 0.329 e. The highest BCUT2D eigenvalue weighted by atomic mass is 15.1. The summed E-state index contributed by atoms with van der Waals surface area (Å²) in [4.78, 5) is 2.15. The second kappa shape index (κ2) is 5.80. The lowest BCUT2D eigenvalue weighted by atomic mass is 10.0. The molecule has 0 amide bonds. The molecule has 0 saturated carbocycles. The topological polar surface area (TPSA) is 29.3 Å². The van der Waals surface area contributed by atoms with Gasteiger partial charge in [0.1, 0.15) is 0 Å². The van der Waals surface area contributed by atoms with Crippen molar-refractivity contribution in [1.29, 1.82) is 0 Å². The summed E-state index contributed by atoms with van der Waals surface area (Å²) in [5.41, 5.74) is 9.57. The van der Waals surface area contributed by atoms with E-state index in [0.29, 0.717) is 6.54 Å². The van der Waals surface area contributed by atoms with E-state index in [4.69, 9.17) is 5.73 Å². The Morgan fingerprint density at radius 2 is 1.44 bits per heavy atom. The molecule has 0 aliphatic heterocycles. The van der Waals surface area contributed by atoms with Crippen LogP contribution in [0.25, 0.3) is 11.1 Å². The normalized spacial score (nSPS) is 12.7. The summed E-state index contributed by atoms with van der Waals surface area (Å²) >= 11 is 0. The van der Waals surface area contributed by atoms with Crippen LogP contribution < -0.4 is 5.73 Å². The predicted octanol–water partition coefficient (Wildman–Crippen LogP) is 2.92. The van der Waals surface area contributed by atoms with Gasteiger partial charge in [-0.2, -0.15) is 0 Å². The van der Waals surface area contributed by atoms with E-state index in [1.165, 1.54) is 16.7 Å². The Hall–Kier alpha value is -1.64. The average Bonchev–Trinajstić information content (AvgIpc) is 2.41. The van der Waals surface area contributed by atoms with Gasteiger partial charge in [-0.25, -0.2) is 0 Å². The average molecular weight is 240 g/mol. The van der Waals surface area contributed by atoms with Gasteiger partial charge < -0.3 is 10.6 Å². The first kappa shape index (κ1) is 12.8. The molecule has 18 heavy (non-hydrogen) atoms. The Bertz CT molecular complexity index is 474. The molecule has 0 aliphatic carbocycles. The summed E-state index contributed by atoms with van der Waals surface area (Å²) in [6.45, 7) is 0.637. The van der Waals surface area contributed by atoms with Gasteiger partial charge in [0.15, 0.2) is 0 Å². The Labute approximate surface area is 109 Å². The number of nitrogens with two attached hydrogens (primary N) is 1. The zero-order valence-corrected chi connectivity index (χ0v) is 11.0. The summed E-state index contributed by atoms with van der Waals surface area (Å²) in [5, 5.41) is 0. The Kier molecular flexibility index (Phi) is 4.13. The molecule has 0 aromatic heterocycles. The van der Waals surface area contributed by atoms with E-state index in [1.807, 2.05) is 6.07 Å². The van der Waals surface area contributed by atoms with Crippen molar-refractivity contribution in [3.63, 3.8) is 0 Å². The molecule has 0 bridgehead atoms. The van der Waals surface area contributed by atoms with Crippen LogP contribution >= 0.6 is 0 Å². The van der Waals surface area contributed by atoms with Gasteiger partial charge in [-0.05, 0) is 30.8 Å². The van der Waals surface area contributed by atoms with Gasteiger partial charge in [0.25, 0.3) is 0 Å². The molecule has 2 aromatic rings. The zero-order chi connectivity index (χ0) is 13.0. The first-order valence-corrected chi connectivity index (χ1v) is 6.24. The van der Waals surface area contributed by atoms with Gasteiger partial charge >= 0.3 is 0 Å². The van der Waals surface area contributed by atoms with Crippen LogP contribution in [0.1, 0.15) is 11.6 Å². The number of benzene rings is 2.